The van der Waals surface area contributed by atoms with Crippen molar-refractivity contribution in [3.05, 3.63) is 28.8 Å². The fourth-order valence-corrected chi connectivity index (χ4v) is 4.06. The van der Waals surface area contributed by atoms with Crippen molar-refractivity contribution < 1.29 is 8.42 Å². The monoisotopic (exact) mass is 328 g/mol. The van der Waals surface area contributed by atoms with Crippen LogP contribution in [0.3, 0.4) is 0 Å². The van der Waals surface area contributed by atoms with Gasteiger partial charge in [-0.3, -0.25) is 0 Å². The van der Waals surface area contributed by atoms with Gasteiger partial charge in [-0.1, -0.05) is 24.9 Å². The van der Waals surface area contributed by atoms with Crippen LogP contribution in [0.4, 0.5) is 0 Å². The van der Waals surface area contributed by atoms with Gasteiger partial charge in [-0.05, 0) is 48.9 Å². The Morgan fingerprint density at radius 1 is 1.33 bits per heavy atom. The van der Waals surface area contributed by atoms with Gasteiger partial charge in [-0.25, -0.2) is 13.1 Å². The predicted molar refractivity (Wildman–Crippen MR) is 83.8 cm³/mol. The van der Waals surface area contributed by atoms with E-state index < -0.39 is 10.0 Å². The first-order valence-corrected chi connectivity index (χ1v) is 9.40. The van der Waals surface area contributed by atoms with Crippen molar-refractivity contribution in [2.24, 2.45) is 5.92 Å². The van der Waals surface area contributed by atoms with Crippen molar-refractivity contribution in [2.45, 2.75) is 56.1 Å². The highest BCUT2D eigenvalue weighted by Crippen LogP contribution is 2.34. The maximum atomic E-state index is 12.4. The van der Waals surface area contributed by atoms with E-state index in [2.05, 4.69) is 17.0 Å². The second kappa shape index (κ2) is 5.88. The summed E-state index contributed by atoms with van der Waals surface area (Å²) < 4.78 is 27.5. The molecule has 0 saturated heterocycles. The molecule has 1 aromatic rings. The van der Waals surface area contributed by atoms with Gasteiger partial charge in [0.25, 0.3) is 0 Å². The minimum Gasteiger partial charge on any atom is -0.310 e. The lowest BCUT2D eigenvalue weighted by Gasteiger charge is -2.10. The topological polar surface area (TPSA) is 58.2 Å². The van der Waals surface area contributed by atoms with Crippen LogP contribution in [0.1, 0.15) is 38.2 Å². The molecule has 2 saturated carbocycles. The SMILES string of the molecule is CCC1CC1NS(=O)(=O)c1ccc(Cl)c(CNC2CC2)c1. The average Bonchev–Trinajstić information content (AvgIpc) is 3.32. The van der Waals surface area contributed by atoms with Crippen molar-refractivity contribution >= 4 is 21.6 Å². The summed E-state index contributed by atoms with van der Waals surface area (Å²) in [5.74, 6) is 0.489. The van der Waals surface area contributed by atoms with Crippen LogP contribution in [0.25, 0.3) is 0 Å². The minimum absolute atomic E-state index is 0.101. The van der Waals surface area contributed by atoms with Crippen LogP contribution < -0.4 is 10.0 Å². The van der Waals surface area contributed by atoms with E-state index in [0.29, 0.717) is 28.4 Å². The molecule has 6 heteroatoms. The van der Waals surface area contributed by atoms with Gasteiger partial charge in [0, 0.05) is 23.7 Å². The van der Waals surface area contributed by atoms with Crippen molar-refractivity contribution in [3.63, 3.8) is 0 Å². The Kier molecular flexibility index (Phi) is 4.28. The Morgan fingerprint density at radius 3 is 2.71 bits per heavy atom. The zero-order valence-electron chi connectivity index (χ0n) is 12.1. The second-order valence-electron chi connectivity index (χ2n) is 6.04. The summed E-state index contributed by atoms with van der Waals surface area (Å²) in [5, 5.41) is 3.97. The molecule has 2 aliphatic rings. The lowest BCUT2D eigenvalue weighted by atomic mass is 10.2. The quantitative estimate of drug-likeness (QED) is 0.809. The maximum absolute atomic E-state index is 12.4. The second-order valence-corrected chi connectivity index (χ2v) is 8.16. The van der Waals surface area contributed by atoms with Crippen LogP contribution in [-0.2, 0) is 16.6 Å². The molecule has 0 spiro atoms. The van der Waals surface area contributed by atoms with Crippen LogP contribution in [0.2, 0.25) is 5.02 Å². The molecule has 0 aromatic heterocycles. The minimum atomic E-state index is -3.44. The Balaban J connectivity index is 1.72. The average molecular weight is 329 g/mol. The lowest BCUT2D eigenvalue weighted by molar-refractivity contribution is 0.575. The van der Waals surface area contributed by atoms with Crippen LogP contribution in [0, 0.1) is 5.92 Å². The highest BCUT2D eigenvalue weighted by atomic mass is 35.5. The molecule has 0 radical (unpaired) electrons. The molecule has 4 nitrogen and oxygen atoms in total. The summed E-state index contributed by atoms with van der Waals surface area (Å²) in [5.41, 5.74) is 0.842. The molecule has 2 N–H and O–H groups in total. The zero-order valence-corrected chi connectivity index (χ0v) is 13.7. The van der Waals surface area contributed by atoms with Gasteiger partial charge in [-0.2, -0.15) is 0 Å². The van der Waals surface area contributed by atoms with E-state index in [1.165, 1.54) is 12.8 Å². The number of halogens is 1. The molecule has 2 aliphatic carbocycles. The molecule has 2 unspecified atom stereocenters. The molecule has 1 aromatic carbocycles. The van der Waals surface area contributed by atoms with Gasteiger partial charge in [-0.15, -0.1) is 0 Å². The molecule has 0 aliphatic heterocycles. The summed E-state index contributed by atoms with van der Waals surface area (Å²) in [6, 6.07) is 5.60. The lowest BCUT2D eigenvalue weighted by Crippen LogP contribution is -2.27. The first-order chi connectivity index (χ1) is 9.99. The van der Waals surface area contributed by atoms with Crippen molar-refractivity contribution in [3.8, 4) is 0 Å². The highest BCUT2D eigenvalue weighted by Gasteiger charge is 2.38. The zero-order chi connectivity index (χ0) is 15.0. The van der Waals surface area contributed by atoms with Crippen LogP contribution in [0.5, 0.6) is 0 Å². The molecule has 0 amide bonds. The van der Waals surface area contributed by atoms with Gasteiger partial charge in [0.05, 0.1) is 4.90 Å². The third kappa shape index (κ3) is 3.77. The highest BCUT2D eigenvalue weighted by molar-refractivity contribution is 7.89. The first-order valence-electron chi connectivity index (χ1n) is 7.53. The van der Waals surface area contributed by atoms with Crippen molar-refractivity contribution in [1.82, 2.24) is 10.0 Å². The van der Waals surface area contributed by atoms with E-state index in [9.17, 15) is 8.42 Å². The molecule has 0 bridgehead atoms. The molecule has 2 atom stereocenters. The van der Waals surface area contributed by atoms with E-state index in [1.807, 2.05) is 0 Å². The number of benzene rings is 1. The van der Waals surface area contributed by atoms with Crippen molar-refractivity contribution in [1.29, 1.82) is 0 Å². The van der Waals surface area contributed by atoms with E-state index >= 15 is 0 Å². The smallest absolute Gasteiger partial charge is 0.240 e. The molecule has 3 rings (SSSR count). The Labute approximate surface area is 131 Å². The Bertz CT molecular complexity index is 629. The standard InChI is InChI=1S/C15H21ClN2O2S/c1-2-10-8-15(10)18-21(19,20)13-5-6-14(16)11(7-13)9-17-12-3-4-12/h5-7,10,12,15,17-18H,2-4,8-9H2,1H3. The molecular weight excluding hydrogens is 308 g/mol. The van der Waals surface area contributed by atoms with E-state index in [1.54, 1.807) is 18.2 Å². The molecule has 2 fully saturated rings. The van der Waals surface area contributed by atoms with Crippen LogP contribution in [-0.4, -0.2) is 20.5 Å². The third-order valence-corrected chi connectivity index (χ3v) is 6.10. The van der Waals surface area contributed by atoms with Crippen LogP contribution in [0.15, 0.2) is 23.1 Å². The largest absolute Gasteiger partial charge is 0.310 e. The molecule has 0 heterocycles. The fraction of sp³-hybridized carbons (Fsp3) is 0.600. The summed E-state index contributed by atoms with van der Waals surface area (Å²) in [7, 11) is -3.44. The summed E-state index contributed by atoms with van der Waals surface area (Å²) in [6.07, 6.45) is 4.35. The van der Waals surface area contributed by atoms with Gasteiger partial charge in [0.1, 0.15) is 0 Å². The van der Waals surface area contributed by atoms with E-state index in [4.69, 9.17) is 11.6 Å². The van der Waals surface area contributed by atoms with Gasteiger partial charge < -0.3 is 5.32 Å². The molecule has 21 heavy (non-hydrogen) atoms. The normalized spacial score (nSPS) is 25.0. The predicted octanol–water partition coefficient (Wildman–Crippen LogP) is 2.67. The third-order valence-electron chi connectivity index (χ3n) is 4.24. The number of nitrogens with one attached hydrogen (secondary N) is 2. The first kappa shape index (κ1) is 15.3. The maximum Gasteiger partial charge on any atom is 0.240 e. The number of hydrogen-bond acceptors (Lipinski definition) is 3. The van der Waals surface area contributed by atoms with Gasteiger partial charge in [0.2, 0.25) is 10.0 Å². The fourth-order valence-electron chi connectivity index (χ4n) is 2.51. The Morgan fingerprint density at radius 2 is 2.10 bits per heavy atom. The van der Waals surface area contributed by atoms with Gasteiger partial charge in [0.15, 0.2) is 0 Å². The summed E-state index contributed by atoms with van der Waals surface area (Å²) in [6.45, 7) is 2.71. The van der Waals surface area contributed by atoms with Gasteiger partial charge >= 0.3 is 0 Å². The van der Waals surface area contributed by atoms with E-state index in [0.717, 1.165) is 18.4 Å². The Hall–Kier alpha value is -0.620. The number of sulfonamides is 1. The van der Waals surface area contributed by atoms with Crippen molar-refractivity contribution in [2.75, 3.05) is 0 Å². The summed E-state index contributed by atoms with van der Waals surface area (Å²) in [4.78, 5) is 0.307. The molecule has 116 valence electrons. The molecular formula is C15H21ClN2O2S. The van der Waals surface area contributed by atoms with Crippen LogP contribution >= 0.6 is 11.6 Å². The van der Waals surface area contributed by atoms with E-state index in [-0.39, 0.29) is 6.04 Å². The number of hydrogen-bond donors (Lipinski definition) is 2. The number of rotatable bonds is 7. The summed E-state index contributed by atoms with van der Waals surface area (Å²) >= 11 is 6.16.